The largest absolute Gasteiger partial charge is 0.469 e. The second kappa shape index (κ2) is 6.48. The molecule has 1 aromatic carbocycles. The first-order chi connectivity index (χ1) is 8.17. The Bertz CT molecular complexity index is 441. The van der Waals surface area contributed by atoms with Gasteiger partial charge in [0, 0.05) is 13.0 Å². The smallest absolute Gasteiger partial charge is 0.305 e. The van der Waals surface area contributed by atoms with Gasteiger partial charge >= 0.3 is 5.97 Å². The molecule has 0 radical (unpaired) electrons. The third kappa shape index (κ3) is 4.11. The number of rotatable bonds is 5. The van der Waals surface area contributed by atoms with Crippen LogP contribution in [0, 0.1) is 17.1 Å². The van der Waals surface area contributed by atoms with Crippen molar-refractivity contribution < 1.29 is 13.9 Å². The predicted molar refractivity (Wildman–Crippen MR) is 60.9 cm³/mol. The summed E-state index contributed by atoms with van der Waals surface area (Å²) in [4.78, 5) is 10.8. The number of carbonyl (C=O) groups is 1. The van der Waals surface area contributed by atoms with E-state index in [0.717, 1.165) is 0 Å². The lowest BCUT2D eigenvalue weighted by Gasteiger charge is -2.07. The summed E-state index contributed by atoms with van der Waals surface area (Å²) >= 11 is 0. The third-order valence-corrected chi connectivity index (χ3v) is 2.20. The summed E-state index contributed by atoms with van der Waals surface area (Å²) in [6.07, 6.45) is 0.855. The zero-order valence-electron chi connectivity index (χ0n) is 9.50. The van der Waals surface area contributed by atoms with Gasteiger partial charge in [-0.15, -0.1) is 0 Å². The Hall–Kier alpha value is -2.09. The van der Waals surface area contributed by atoms with Crippen LogP contribution in [0.15, 0.2) is 18.2 Å². The molecule has 1 N–H and O–H groups in total. The van der Waals surface area contributed by atoms with Gasteiger partial charge in [0.15, 0.2) is 0 Å². The first-order valence-electron chi connectivity index (χ1n) is 5.17. The van der Waals surface area contributed by atoms with Crippen LogP contribution in [0.25, 0.3) is 0 Å². The molecule has 1 rings (SSSR count). The molecule has 5 heteroatoms. The van der Waals surface area contributed by atoms with Crippen molar-refractivity contribution in [3.05, 3.63) is 29.6 Å². The second-order valence-corrected chi connectivity index (χ2v) is 3.41. The number of carbonyl (C=O) groups excluding carboxylic acids is 1. The van der Waals surface area contributed by atoms with Gasteiger partial charge in [0.05, 0.1) is 24.4 Å². The van der Waals surface area contributed by atoms with Crippen molar-refractivity contribution in [2.24, 2.45) is 0 Å². The Morgan fingerprint density at radius 1 is 1.59 bits per heavy atom. The highest BCUT2D eigenvalue weighted by Crippen LogP contribution is 2.15. The number of benzene rings is 1. The number of halogens is 1. The number of nitrogens with zero attached hydrogens (tertiary/aromatic N) is 1. The Balaban J connectivity index is 2.42. The lowest BCUT2D eigenvalue weighted by molar-refractivity contribution is -0.140. The van der Waals surface area contributed by atoms with Gasteiger partial charge in [0.25, 0.3) is 0 Å². The monoisotopic (exact) mass is 236 g/mol. The van der Waals surface area contributed by atoms with Crippen molar-refractivity contribution in [2.45, 2.75) is 12.8 Å². The molecule has 0 amide bonds. The maximum absolute atomic E-state index is 13.4. The number of nitriles is 1. The Morgan fingerprint density at radius 3 is 2.94 bits per heavy atom. The summed E-state index contributed by atoms with van der Waals surface area (Å²) in [5, 5.41) is 11.4. The minimum atomic E-state index is -0.470. The van der Waals surface area contributed by atoms with E-state index in [1.165, 1.54) is 25.3 Å². The van der Waals surface area contributed by atoms with E-state index in [4.69, 9.17) is 5.26 Å². The summed E-state index contributed by atoms with van der Waals surface area (Å²) in [5.74, 6) is -0.755. The van der Waals surface area contributed by atoms with Gasteiger partial charge in [-0.2, -0.15) is 5.26 Å². The molecule has 0 heterocycles. The summed E-state index contributed by atoms with van der Waals surface area (Å²) in [6, 6.07) is 6.06. The van der Waals surface area contributed by atoms with Crippen LogP contribution in [-0.4, -0.2) is 19.6 Å². The van der Waals surface area contributed by atoms with Crippen LogP contribution in [0.4, 0.5) is 10.1 Å². The predicted octanol–water partition coefficient (Wildman–Crippen LogP) is 2.06. The van der Waals surface area contributed by atoms with Crippen LogP contribution in [-0.2, 0) is 9.53 Å². The van der Waals surface area contributed by atoms with E-state index in [2.05, 4.69) is 10.1 Å². The average Bonchev–Trinajstić information content (AvgIpc) is 2.35. The van der Waals surface area contributed by atoms with Crippen molar-refractivity contribution in [3.63, 3.8) is 0 Å². The molecule has 0 saturated carbocycles. The normalized spacial score (nSPS) is 9.47. The number of hydrogen-bond acceptors (Lipinski definition) is 4. The number of methoxy groups -OCH3 is 1. The number of esters is 1. The fourth-order valence-corrected chi connectivity index (χ4v) is 1.29. The molecule has 0 atom stereocenters. The quantitative estimate of drug-likeness (QED) is 0.628. The molecule has 4 nitrogen and oxygen atoms in total. The first-order valence-corrected chi connectivity index (χ1v) is 5.17. The van der Waals surface area contributed by atoms with Gasteiger partial charge in [-0.25, -0.2) is 4.39 Å². The zero-order chi connectivity index (χ0) is 12.7. The van der Waals surface area contributed by atoms with Crippen LogP contribution < -0.4 is 5.32 Å². The van der Waals surface area contributed by atoms with E-state index in [1.54, 1.807) is 0 Å². The topological polar surface area (TPSA) is 62.1 Å². The van der Waals surface area contributed by atoms with E-state index < -0.39 is 5.82 Å². The molecular weight excluding hydrogens is 223 g/mol. The van der Waals surface area contributed by atoms with E-state index in [1.807, 2.05) is 6.07 Å². The van der Waals surface area contributed by atoms with E-state index in [-0.39, 0.29) is 11.5 Å². The van der Waals surface area contributed by atoms with Gasteiger partial charge in [0.1, 0.15) is 5.82 Å². The van der Waals surface area contributed by atoms with Gasteiger partial charge in [0.2, 0.25) is 0 Å². The summed E-state index contributed by atoms with van der Waals surface area (Å²) < 4.78 is 17.9. The molecule has 0 unspecified atom stereocenters. The van der Waals surface area contributed by atoms with Crippen LogP contribution in [0.5, 0.6) is 0 Å². The summed E-state index contributed by atoms with van der Waals surface area (Å²) in [5.41, 5.74) is 0.608. The number of nitrogens with one attached hydrogen (secondary N) is 1. The number of anilines is 1. The van der Waals surface area contributed by atoms with Crippen molar-refractivity contribution in [2.75, 3.05) is 19.0 Å². The maximum Gasteiger partial charge on any atom is 0.305 e. The van der Waals surface area contributed by atoms with Gasteiger partial charge in [-0.3, -0.25) is 4.79 Å². The summed E-state index contributed by atoms with van der Waals surface area (Å²) in [7, 11) is 1.33. The second-order valence-electron chi connectivity index (χ2n) is 3.41. The Morgan fingerprint density at radius 2 is 2.35 bits per heavy atom. The first kappa shape index (κ1) is 13.0. The molecule has 0 aliphatic rings. The molecule has 0 aromatic heterocycles. The van der Waals surface area contributed by atoms with Gasteiger partial charge in [-0.05, 0) is 24.6 Å². The zero-order valence-corrected chi connectivity index (χ0v) is 9.50. The molecule has 0 aliphatic carbocycles. The SMILES string of the molecule is COC(=O)CCCNc1ccc(C#N)cc1F. The maximum atomic E-state index is 13.4. The van der Waals surface area contributed by atoms with Gasteiger partial charge in [-0.1, -0.05) is 0 Å². The van der Waals surface area contributed by atoms with Crippen molar-refractivity contribution in [1.29, 1.82) is 5.26 Å². The molecule has 1 aromatic rings. The summed E-state index contributed by atoms with van der Waals surface area (Å²) in [6.45, 7) is 0.470. The highest BCUT2D eigenvalue weighted by Gasteiger charge is 2.03. The molecule has 17 heavy (non-hydrogen) atoms. The molecular formula is C12H13FN2O2. The molecule has 0 spiro atoms. The van der Waals surface area contributed by atoms with Crippen LogP contribution >= 0.6 is 0 Å². The van der Waals surface area contributed by atoms with E-state index >= 15 is 0 Å². The minimum Gasteiger partial charge on any atom is -0.469 e. The number of ether oxygens (including phenoxy) is 1. The average molecular weight is 236 g/mol. The highest BCUT2D eigenvalue weighted by molar-refractivity contribution is 5.69. The highest BCUT2D eigenvalue weighted by atomic mass is 19.1. The molecule has 0 aliphatic heterocycles. The molecule has 0 bridgehead atoms. The molecule has 0 fully saturated rings. The van der Waals surface area contributed by atoms with Crippen molar-refractivity contribution in [1.82, 2.24) is 0 Å². The van der Waals surface area contributed by atoms with E-state index in [9.17, 15) is 9.18 Å². The lowest BCUT2D eigenvalue weighted by Crippen LogP contribution is -2.07. The standard InChI is InChI=1S/C12H13FN2O2/c1-17-12(16)3-2-6-15-11-5-4-9(8-14)7-10(11)13/h4-5,7,15H,2-3,6H2,1H3. The van der Waals surface area contributed by atoms with Crippen LogP contribution in [0.1, 0.15) is 18.4 Å². The fourth-order valence-electron chi connectivity index (χ4n) is 1.29. The fraction of sp³-hybridized carbons (Fsp3) is 0.333. The molecule has 0 saturated heterocycles. The van der Waals surface area contributed by atoms with Crippen molar-refractivity contribution in [3.8, 4) is 6.07 Å². The lowest BCUT2D eigenvalue weighted by atomic mass is 10.2. The van der Waals surface area contributed by atoms with Crippen LogP contribution in [0.3, 0.4) is 0 Å². The number of hydrogen-bond donors (Lipinski definition) is 1. The van der Waals surface area contributed by atoms with Crippen molar-refractivity contribution >= 4 is 11.7 Å². The van der Waals surface area contributed by atoms with E-state index in [0.29, 0.717) is 25.1 Å². The minimum absolute atomic E-state index is 0.280. The van der Waals surface area contributed by atoms with Gasteiger partial charge < -0.3 is 10.1 Å². The molecule has 90 valence electrons. The Labute approximate surface area is 99.0 Å². The third-order valence-electron chi connectivity index (χ3n) is 2.20. The Kier molecular flexibility index (Phi) is 4.95. The van der Waals surface area contributed by atoms with Crippen LogP contribution in [0.2, 0.25) is 0 Å².